The number of fused-ring (bicyclic) bond motifs is 6. The molecule has 0 aliphatic heterocycles. The van der Waals surface area contributed by atoms with Crippen LogP contribution in [0.2, 0.25) is 0 Å². The summed E-state index contributed by atoms with van der Waals surface area (Å²) in [6.45, 7) is 0. The van der Waals surface area contributed by atoms with Crippen molar-refractivity contribution in [3.8, 4) is 11.4 Å². The number of benzene rings is 10. The van der Waals surface area contributed by atoms with E-state index in [0.29, 0.717) is 21.7 Å². The lowest BCUT2D eigenvalue weighted by Crippen LogP contribution is -2.48. The molecule has 28 rings (SSSR count). The van der Waals surface area contributed by atoms with Crippen LogP contribution < -0.4 is 9.80 Å². The Morgan fingerprint density at radius 2 is 0.442 bits per heavy atom. The third-order valence-electron chi connectivity index (χ3n) is 31.0. The Bertz CT molecular complexity index is 4960. The second kappa shape index (κ2) is 23.4. The van der Waals surface area contributed by atoms with Gasteiger partial charge in [-0.3, -0.25) is 0 Å². The summed E-state index contributed by atoms with van der Waals surface area (Å²) in [7, 11) is 0. The Labute approximate surface area is 615 Å². The highest BCUT2D eigenvalue weighted by atomic mass is 15.2. The summed E-state index contributed by atoms with van der Waals surface area (Å²) in [6.07, 6.45) is 34.9. The van der Waals surface area contributed by atoms with Crippen LogP contribution in [0.25, 0.3) is 55.0 Å². The van der Waals surface area contributed by atoms with E-state index >= 15 is 0 Å². The van der Waals surface area contributed by atoms with E-state index < -0.39 is 0 Å². The number of para-hydroxylation sites is 4. The molecular weight excluding hydrogens is 1260 g/mol. The molecule has 16 saturated carbocycles. The zero-order chi connectivity index (χ0) is 68.0. The molecule has 104 heavy (non-hydrogen) atoms. The average molecular weight is 1360 g/mol. The highest BCUT2D eigenvalue weighted by Crippen LogP contribution is 2.65. The zero-order valence-electron chi connectivity index (χ0n) is 60.8. The van der Waals surface area contributed by atoms with Crippen molar-refractivity contribution in [3.63, 3.8) is 0 Å². The summed E-state index contributed by atoms with van der Waals surface area (Å²) in [5, 5.41) is 5.21. The minimum Gasteiger partial charge on any atom is -0.310 e. The van der Waals surface area contributed by atoms with Crippen molar-refractivity contribution >= 4 is 77.7 Å². The first-order valence-corrected chi connectivity index (χ1v) is 41.4. The van der Waals surface area contributed by atoms with Gasteiger partial charge < -0.3 is 18.9 Å². The van der Waals surface area contributed by atoms with Crippen LogP contribution in [0.3, 0.4) is 0 Å². The van der Waals surface area contributed by atoms with Crippen molar-refractivity contribution in [1.82, 2.24) is 9.13 Å². The van der Waals surface area contributed by atoms with Crippen molar-refractivity contribution in [2.75, 3.05) is 9.80 Å². The lowest BCUT2D eigenvalue weighted by molar-refractivity contribution is -0.00531. The maximum Gasteiger partial charge on any atom is 0.0561 e. The second-order valence-corrected chi connectivity index (χ2v) is 37.4. The molecule has 12 aromatic rings. The first-order valence-electron chi connectivity index (χ1n) is 41.4. The number of hydrogen-bond donors (Lipinski definition) is 0. The summed E-state index contributed by atoms with van der Waals surface area (Å²) in [4.78, 5) is 5.08. The molecule has 0 unspecified atom stereocenters. The first kappa shape index (κ1) is 61.7. The molecule has 16 fully saturated rings. The largest absolute Gasteiger partial charge is 0.310 e. The second-order valence-electron chi connectivity index (χ2n) is 37.4. The molecule has 520 valence electrons. The Balaban J connectivity index is 0.000000127. The minimum absolute atomic E-state index is 0.410. The summed E-state index contributed by atoms with van der Waals surface area (Å²) in [5.74, 6) is 11.5. The molecular formula is C100H100N4. The maximum absolute atomic E-state index is 2.54. The van der Waals surface area contributed by atoms with Gasteiger partial charge in [-0.1, -0.05) is 127 Å². The summed E-state index contributed by atoms with van der Waals surface area (Å²) in [6, 6.07) is 93.8. The minimum atomic E-state index is 0.410. The molecule has 10 aromatic carbocycles. The van der Waals surface area contributed by atoms with Gasteiger partial charge >= 0.3 is 0 Å². The molecule has 0 N–H and O–H groups in total. The van der Waals surface area contributed by atoms with Crippen LogP contribution in [-0.4, -0.2) is 9.13 Å². The fraction of sp³-hybridized carbons (Fsp3) is 0.400. The Morgan fingerprint density at radius 1 is 0.202 bits per heavy atom. The topological polar surface area (TPSA) is 16.3 Å². The van der Waals surface area contributed by atoms with E-state index in [1.807, 2.05) is 0 Å². The SMILES string of the molecule is c1ccc(-n2c3ccccc3c3cc(N(c4ccc(C56CC7CC(CC(C7)C5)C6)cc4)c4ccc(C56CC7CC(CC(C7)C5)C6)cc4)ccc32)cc1.c1ccc(-n2c3ccccc3c3ccc(N(c4ccc(C56CC7CC(CC(C7)C5)C6)cc4)c4ccc(C56CC7CC(CC(C7)C5)C6)cc4)cc32)cc1. The highest BCUT2D eigenvalue weighted by Gasteiger charge is 2.55. The fourth-order valence-electron chi connectivity index (χ4n) is 28.5. The first-order chi connectivity index (χ1) is 51.2. The van der Waals surface area contributed by atoms with Gasteiger partial charge in [-0.05, 0) is 384 Å². The van der Waals surface area contributed by atoms with Gasteiger partial charge in [-0.15, -0.1) is 0 Å². The number of anilines is 6. The molecule has 2 aromatic heterocycles. The van der Waals surface area contributed by atoms with Gasteiger partial charge in [0.15, 0.2) is 0 Å². The molecule has 0 amide bonds. The van der Waals surface area contributed by atoms with Gasteiger partial charge in [0.25, 0.3) is 0 Å². The van der Waals surface area contributed by atoms with Crippen molar-refractivity contribution in [2.24, 2.45) is 71.0 Å². The highest BCUT2D eigenvalue weighted by molar-refractivity contribution is 6.12. The van der Waals surface area contributed by atoms with Gasteiger partial charge in [0.05, 0.1) is 22.1 Å². The van der Waals surface area contributed by atoms with Gasteiger partial charge in [-0.25, -0.2) is 0 Å². The molecule has 4 nitrogen and oxygen atoms in total. The Hall–Kier alpha value is -8.60. The maximum atomic E-state index is 2.54. The van der Waals surface area contributed by atoms with Crippen molar-refractivity contribution in [2.45, 2.75) is 176 Å². The van der Waals surface area contributed by atoms with Crippen LogP contribution in [0, 0.1) is 71.0 Å². The molecule has 0 atom stereocenters. The summed E-state index contributed by atoms with van der Waals surface area (Å²) in [5.41, 5.74) is 23.0. The monoisotopic (exact) mass is 1360 g/mol. The van der Waals surface area contributed by atoms with Crippen molar-refractivity contribution in [3.05, 3.63) is 265 Å². The predicted molar refractivity (Wildman–Crippen MR) is 430 cm³/mol. The number of hydrogen-bond acceptors (Lipinski definition) is 2. The molecule has 0 saturated heterocycles. The van der Waals surface area contributed by atoms with Crippen LogP contribution in [-0.2, 0) is 21.7 Å². The standard InChI is InChI=1S/2C50H50N2/c1-2-6-41(7-3-1)52-47-9-5-4-8-45(47)46-26-44(18-19-48(46)52)51(42-14-10-39(11-15-42)49-27-33-20-34(28-49)22-35(21-33)29-49)43-16-12-40(13-17-43)50-30-36-23-37(31-50)25-38(24-36)32-50;1-2-6-41(7-3-1)52-47-9-5-4-8-45(47)46-19-18-44(26-48(46)52)51(42-14-10-39(11-15-42)49-27-33-20-34(28-49)22-35(21-33)29-49)43-16-12-40(13-17-43)50-30-36-23-37(31-50)25-38(24-36)32-50/h2*1-19,26,33-38H,20-25,27-32H2. The molecule has 0 spiro atoms. The van der Waals surface area contributed by atoms with E-state index in [1.54, 1.807) is 22.3 Å². The third kappa shape index (κ3) is 9.93. The lowest BCUT2D eigenvalue weighted by Gasteiger charge is -2.57. The molecule has 2 heterocycles. The van der Waals surface area contributed by atoms with Crippen molar-refractivity contribution < 1.29 is 0 Å². The van der Waals surface area contributed by atoms with Crippen LogP contribution >= 0.6 is 0 Å². The average Bonchev–Trinajstić information content (AvgIpc) is 1.51. The van der Waals surface area contributed by atoms with Gasteiger partial charge in [0.1, 0.15) is 0 Å². The van der Waals surface area contributed by atoms with E-state index in [9.17, 15) is 0 Å². The van der Waals surface area contributed by atoms with E-state index in [4.69, 9.17) is 0 Å². The number of rotatable bonds is 12. The van der Waals surface area contributed by atoms with E-state index in [-0.39, 0.29) is 0 Å². The van der Waals surface area contributed by atoms with Crippen LogP contribution in [0.4, 0.5) is 34.1 Å². The van der Waals surface area contributed by atoms with Gasteiger partial charge in [0.2, 0.25) is 0 Å². The molecule has 0 radical (unpaired) electrons. The lowest BCUT2D eigenvalue weighted by atomic mass is 9.48. The Morgan fingerprint density at radius 3 is 0.769 bits per heavy atom. The zero-order valence-corrected chi connectivity index (χ0v) is 60.8. The molecule has 16 aliphatic rings. The van der Waals surface area contributed by atoms with Crippen LogP contribution in [0.5, 0.6) is 0 Å². The predicted octanol–water partition coefficient (Wildman–Crippen LogP) is 26.4. The smallest absolute Gasteiger partial charge is 0.0561 e. The van der Waals surface area contributed by atoms with Gasteiger partial charge in [0, 0.05) is 67.0 Å². The number of nitrogens with zero attached hydrogens (tertiary/aromatic N) is 4. The molecule has 16 bridgehead atoms. The van der Waals surface area contributed by atoms with Crippen LogP contribution in [0.15, 0.2) is 243 Å². The van der Waals surface area contributed by atoms with E-state index in [0.717, 1.165) is 71.0 Å². The van der Waals surface area contributed by atoms with E-state index in [2.05, 4.69) is 262 Å². The quantitative estimate of drug-likeness (QED) is 0.121. The Kier molecular flexibility index (Phi) is 13.9. The van der Waals surface area contributed by atoms with E-state index in [1.165, 1.54) is 243 Å². The summed E-state index contributed by atoms with van der Waals surface area (Å²) >= 11 is 0. The van der Waals surface area contributed by atoms with Crippen LogP contribution in [0.1, 0.15) is 176 Å². The molecule has 4 heteroatoms. The number of aromatic nitrogens is 2. The molecule has 16 aliphatic carbocycles. The third-order valence-corrected chi connectivity index (χ3v) is 31.0. The van der Waals surface area contributed by atoms with Gasteiger partial charge in [-0.2, -0.15) is 0 Å². The normalized spacial score (nSPS) is 32.6. The fourth-order valence-corrected chi connectivity index (χ4v) is 28.5. The summed E-state index contributed by atoms with van der Waals surface area (Å²) < 4.78 is 4.89. The van der Waals surface area contributed by atoms with Crippen molar-refractivity contribution in [1.29, 1.82) is 0 Å².